The highest BCUT2D eigenvalue weighted by molar-refractivity contribution is 14.0. The number of nitrogens with zero attached hydrogens (tertiary/aromatic N) is 4. The van der Waals surface area contributed by atoms with Crippen LogP contribution in [0.25, 0.3) is 0 Å². The monoisotopic (exact) mass is 444 g/mol. The summed E-state index contributed by atoms with van der Waals surface area (Å²) in [5, 5.41) is 10.6. The second kappa shape index (κ2) is 10.1. The van der Waals surface area contributed by atoms with E-state index in [1.165, 1.54) is 17.5 Å². The van der Waals surface area contributed by atoms with Gasteiger partial charge in [0, 0.05) is 20.6 Å². The molecule has 8 heteroatoms. The molecule has 1 aromatic heterocycles. The zero-order valence-electron chi connectivity index (χ0n) is 14.5. The van der Waals surface area contributed by atoms with Crippen molar-refractivity contribution in [3.63, 3.8) is 0 Å². The maximum Gasteiger partial charge on any atom is 0.191 e. The van der Waals surface area contributed by atoms with E-state index in [1.54, 1.807) is 18.8 Å². The highest BCUT2D eigenvalue weighted by atomic mass is 127. The summed E-state index contributed by atoms with van der Waals surface area (Å²) in [6, 6.07) is 6.21. The summed E-state index contributed by atoms with van der Waals surface area (Å²) in [7, 11) is 5.31. The number of methoxy groups -OCH3 is 1. The topological polar surface area (TPSA) is 76.4 Å². The number of hydrogen-bond acceptors (Lipinski definition) is 4. The predicted octanol–water partition coefficient (Wildman–Crippen LogP) is 1.66. The second-order valence-corrected chi connectivity index (χ2v) is 5.22. The van der Waals surface area contributed by atoms with Crippen LogP contribution in [-0.4, -0.2) is 41.4 Å². The Morgan fingerprint density at radius 1 is 1.33 bits per heavy atom. The van der Waals surface area contributed by atoms with E-state index >= 15 is 0 Å². The van der Waals surface area contributed by atoms with Crippen molar-refractivity contribution < 1.29 is 4.74 Å². The van der Waals surface area contributed by atoms with E-state index in [9.17, 15) is 0 Å². The molecule has 0 unspecified atom stereocenters. The van der Waals surface area contributed by atoms with Gasteiger partial charge in [0.1, 0.15) is 17.9 Å². The van der Waals surface area contributed by atoms with E-state index in [0.717, 1.165) is 30.5 Å². The Kier molecular flexibility index (Phi) is 8.51. The van der Waals surface area contributed by atoms with Gasteiger partial charge >= 0.3 is 0 Å². The number of aromatic nitrogens is 3. The molecule has 0 aliphatic carbocycles. The Morgan fingerprint density at radius 2 is 2.12 bits per heavy atom. The first kappa shape index (κ1) is 20.2. The van der Waals surface area contributed by atoms with Crippen LogP contribution >= 0.6 is 24.0 Å². The highest BCUT2D eigenvalue weighted by Crippen LogP contribution is 2.19. The first-order chi connectivity index (χ1) is 11.1. The molecule has 0 bridgehead atoms. The van der Waals surface area contributed by atoms with E-state index in [0.29, 0.717) is 6.54 Å². The molecule has 0 fully saturated rings. The minimum atomic E-state index is 0. The molecule has 1 heterocycles. The number of benzene rings is 1. The lowest BCUT2D eigenvalue weighted by Crippen LogP contribution is -2.38. The van der Waals surface area contributed by atoms with Crippen molar-refractivity contribution in [2.24, 2.45) is 12.0 Å². The van der Waals surface area contributed by atoms with Crippen LogP contribution in [0.2, 0.25) is 0 Å². The van der Waals surface area contributed by atoms with E-state index < -0.39 is 0 Å². The van der Waals surface area contributed by atoms with Gasteiger partial charge < -0.3 is 15.4 Å². The molecule has 0 saturated carbocycles. The lowest BCUT2D eigenvalue weighted by molar-refractivity contribution is 0.409. The summed E-state index contributed by atoms with van der Waals surface area (Å²) in [6.07, 6.45) is 2.40. The molecule has 0 atom stereocenters. The van der Waals surface area contributed by atoms with Gasteiger partial charge in [-0.2, -0.15) is 5.10 Å². The van der Waals surface area contributed by atoms with Gasteiger partial charge in [-0.05, 0) is 25.0 Å². The van der Waals surface area contributed by atoms with Crippen molar-refractivity contribution in [3.8, 4) is 5.75 Å². The molecule has 24 heavy (non-hydrogen) atoms. The summed E-state index contributed by atoms with van der Waals surface area (Å²) < 4.78 is 7.14. The normalized spacial score (nSPS) is 10.9. The van der Waals surface area contributed by atoms with Gasteiger partial charge in [-0.1, -0.05) is 17.7 Å². The SMILES string of the molecule is CN=C(NCCc1cc(C)ccc1OC)NCc1ncnn1C.I. The number of rotatable bonds is 6. The number of hydrogen-bond donors (Lipinski definition) is 2. The van der Waals surface area contributed by atoms with Crippen molar-refractivity contribution in [2.75, 3.05) is 20.7 Å². The van der Waals surface area contributed by atoms with Crippen LogP contribution in [0.5, 0.6) is 5.75 Å². The lowest BCUT2D eigenvalue weighted by atomic mass is 10.1. The standard InChI is InChI=1S/C16H24N6O.HI/c1-12-5-6-14(23-4)13(9-12)7-8-18-16(17-2)19-10-15-20-11-21-22(15)3;/h5-6,9,11H,7-8,10H2,1-4H3,(H2,17,18,19);1H. The molecule has 0 spiro atoms. The fourth-order valence-corrected chi connectivity index (χ4v) is 2.28. The first-order valence-electron chi connectivity index (χ1n) is 7.55. The summed E-state index contributed by atoms with van der Waals surface area (Å²) >= 11 is 0. The van der Waals surface area contributed by atoms with Crippen LogP contribution in [0.1, 0.15) is 17.0 Å². The number of aliphatic imine (C=N–C) groups is 1. The Morgan fingerprint density at radius 3 is 2.75 bits per heavy atom. The van der Waals surface area contributed by atoms with E-state index in [-0.39, 0.29) is 24.0 Å². The van der Waals surface area contributed by atoms with Gasteiger partial charge in [0.2, 0.25) is 0 Å². The lowest BCUT2D eigenvalue weighted by Gasteiger charge is -2.13. The number of guanidine groups is 1. The summed E-state index contributed by atoms with van der Waals surface area (Å²) in [5.41, 5.74) is 2.41. The molecule has 2 N–H and O–H groups in total. The van der Waals surface area contributed by atoms with Gasteiger partial charge in [0.05, 0.1) is 13.7 Å². The molecule has 0 aliphatic rings. The zero-order valence-corrected chi connectivity index (χ0v) is 16.9. The largest absolute Gasteiger partial charge is 0.496 e. The fraction of sp³-hybridized carbons (Fsp3) is 0.438. The van der Waals surface area contributed by atoms with Crippen molar-refractivity contribution in [1.29, 1.82) is 0 Å². The molecular weight excluding hydrogens is 419 g/mol. The van der Waals surface area contributed by atoms with Gasteiger partial charge in [-0.15, -0.1) is 24.0 Å². The number of nitrogens with one attached hydrogen (secondary N) is 2. The third kappa shape index (κ3) is 5.66. The third-order valence-corrected chi connectivity index (χ3v) is 3.57. The third-order valence-electron chi connectivity index (χ3n) is 3.57. The zero-order chi connectivity index (χ0) is 16.7. The highest BCUT2D eigenvalue weighted by Gasteiger charge is 2.05. The molecule has 0 aliphatic heterocycles. The molecule has 2 aromatic rings. The molecule has 0 saturated heterocycles. The Labute approximate surface area is 159 Å². The Bertz CT molecular complexity index is 670. The maximum absolute atomic E-state index is 5.40. The van der Waals surface area contributed by atoms with E-state index in [4.69, 9.17) is 4.74 Å². The smallest absolute Gasteiger partial charge is 0.191 e. The number of halogens is 1. The molecule has 1 aromatic carbocycles. The Balaban J connectivity index is 0.00000288. The Hall–Kier alpha value is -1.84. The molecule has 2 rings (SSSR count). The minimum absolute atomic E-state index is 0. The van der Waals surface area contributed by atoms with Gasteiger partial charge in [0.25, 0.3) is 0 Å². The van der Waals surface area contributed by atoms with E-state index in [2.05, 4.69) is 44.8 Å². The van der Waals surface area contributed by atoms with Crippen LogP contribution in [0, 0.1) is 6.92 Å². The fourth-order valence-electron chi connectivity index (χ4n) is 2.28. The summed E-state index contributed by atoms with van der Waals surface area (Å²) in [6.45, 7) is 3.42. The molecule has 0 radical (unpaired) electrons. The average Bonchev–Trinajstić information content (AvgIpc) is 2.96. The van der Waals surface area contributed by atoms with Crippen molar-refractivity contribution >= 4 is 29.9 Å². The van der Waals surface area contributed by atoms with Crippen LogP contribution in [0.15, 0.2) is 29.5 Å². The quantitative estimate of drug-likeness (QED) is 0.403. The van der Waals surface area contributed by atoms with Crippen molar-refractivity contribution in [1.82, 2.24) is 25.4 Å². The second-order valence-electron chi connectivity index (χ2n) is 5.22. The van der Waals surface area contributed by atoms with Gasteiger partial charge in [0.15, 0.2) is 5.96 Å². The van der Waals surface area contributed by atoms with Crippen LogP contribution in [0.3, 0.4) is 0 Å². The predicted molar refractivity (Wildman–Crippen MR) is 106 cm³/mol. The van der Waals surface area contributed by atoms with Gasteiger partial charge in [-0.25, -0.2) is 4.98 Å². The van der Waals surface area contributed by atoms with Crippen LogP contribution < -0.4 is 15.4 Å². The summed E-state index contributed by atoms with van der Waals surface area (Å²) in [4.78, 5) is 8.39. The van der Waals surface area contributed by atoms with Crippen molar-refractivity contribution in [2.45, 2.75) is 19.9 Å². The molecule has 0 amide bonds. The van der Waals surface area contributed by atoms with E-state index in [1.807, 2.05) is 13.1 Å². The molecular formula is C16H25IN6O. The molecule has 7 nitrogen and oxygen atoms in total. The molecule has 132 valence electrons. The van der Waals surface area contributed by atoms with Crippen molar-refractivity contribution in [3.05, 3.63) is 41.5 Å². The maximum atomic E-state index is 5.40. The number of ether oxygens (including phenoxy) is 1. The van der Waals surface area contributed by atoms with Crippen LogP contribution in [-0.2, 0) is 20.0 Å². The number of aryl methyl sites for hydroxylation is 2. The summed E-state index contributed by atoms with van der Waals surface area (Å²) in [5.74, 6) is 2.51. The minimum Gasteiger partial charge on any atom is -0.496 e. The van der Waals surface area contributed by atoms with Gasteiger partial charge in [-0.3, -0.25) is 9.67 Å². The van der Waals surface area contributed by atoms with Crippen LogP contribution in [0.4, 0.5) is 0 Å². The first-order valence-corrected chi connectivity index (χ1v) is 7.55. The average molecular weight is 444 g/mol.